The zero-order valence-electron chi connectivity index (χ0n) is 15.3. The van der Waals surface area contributed by atoms with Crippen molar-refractivity contribution in [2.75, 3.05) is 24.6 Å². The van der Waals surface area contributed by atoms with Gasteiger partial charge in [-0.3, -0.25) is 4.31 Å². The molecule has 2 aliphatic rings. The van der Waals surface area contributed by atoms with Gasteiger partial charge < -0.3 is 14.2 Å². The third kappa shape index (κ3) is 3.69. The Morgan fingerprint density at radius 1 is 0.963 bits per heavy atom. The van der Waals surface area contributed by atoms with Crippen LogP contribution < -0.4 is 18.5 Å². The number of rotatable bonds is 5. The van der Waals surface area contributed by atoms with Crippen molar-refractivity contribution in [2.24, 2.45) is 0 Å². The van der Waals surface area contributed by atoms with Crippen molar-refractivity contribution in [3.63, 3.8) is 0 Å². The molecule has 0 bridgehead atoms. The van der Waals surface area contributed by atoms with Crippen LogP contribution in [0.15, 0.2) is 47.4 Å². The summed E-state index contributed by atoms with van der Waals surface area (Å²) in [5, 5.41) is 0. The van der Waals surface area contributed by atoms with Gasteiger partial charge in [0.05, 0.1) is 16.7 Å². The molecule has 2 aromatic carbocycles. The molecular formula is C20H23NO5S. The number of ether oxygens (including phenoxy) is 3. The van der Waals surface area contributed by atoms with E-state index < -0.39 is 10.0 Å². The van der Waals surface area contributed by atoms with Crippen molar-refractivity contribution in [1.29, 1.82) is 0 Å². The van der Waals surface area contributed by atoms with Gasteiger partial charge in [0, 0.05) is 13.1 Å². The predicted octanol–water partition coefficient (Wildman–Crippen LogP) is 3.60. The first-order valence-electron chi connectivity index (χ1n) is 9.19. The number of fused-ring (bicyclic) bond motifs is 1. The molecule has 0 atom stereocenters. The first-order valence-corrected chi connectivity index (χ1v) is 10.6. The van der Waals surface area contributed by atoms with E-state index in [0.29, 0.717) is 30.4 Å². The van der Waals surface area contributed by atoms with Crippen molar-refractivity contribution in [2.45, 2.75) is 36.7 Å². The normalized spacial score (nSPS) is 16.9. The quantitative estimate of drug-likeness (QED) is 0.782. The fourth-order valence-corrected chi connectivity index (χ4v) is 4.63. The summed E-state index contributed by atoms with van der Waals surface area (Å²) in [4.78, 5) is 0.167. The maximum absolute atomic E-state index is 13.0. The van der Waals surface area contributed by atoms with Crippen LogP contribution in [0.1, 0.15) is 25.7 Å². The van der Waals surface area contributed by atoms with E-state index in [2.05, 4.69) is 0 Å². The van der Waals surface area contributed by atoms with Crippen LogP contribution in [0.3, 0.4) is 0 Å². The zero-order chi connectivity index (χ0) is 18.9. The van der Waals surface area contributed by atoms with Crippen LogP contribution in [0.25, 0.3) is 0 Å². The highest BCUT2D eigenvalue weighted by Crippen LogP contribution is 2.34. The number of sulfonamides is 1. The molecule has 144 valence electrons. The van der Waals surface area contributed by atoms with Gasteiger partial charge in [-0.25, -0.2) is 8.42 Å². The molecule has 27 heavy (non-hydrogen) atoms. The van der Waals surface area contributed by atoms with Gasteiger partial charge >= 0.3 is 0 Å². The summed E-state index contributed by atoms with van der Waals surface area (Å²) in [5.41, 5.74) is 0.573. The predicted molar refractivity (Wildman–Crippen MR) is 102 cm³/mol. The Morgan fingerprint density at radius 3 is 2.33 bits per heavy atom. The second-order valence-corrected chi connectivity index (χ2v) is 8.77. The number of hydrogen-bond acceptors (Lipinski definition) is 5. The maximum atomic E-state index is 13.0. The summed E-state index contributed by atoms with van der Waals surface area (Å²) in [6.07, 6.45) is 4.86. The lowest BCUT2D eigenvalue weighted by Gasteiger charge is -2.22. The van der Waals surface area contributed by atoms with Crippen LogP contribution in [-0.2, 0) is 10.0 Å². The summed E-state index contributed by atoms with van der Waals surface area (Å²) >= 11 is 0. The standard InChI is InChI=1S/C20H23NO5S/c1-21(15-6-8-17(9-7-15)26-16-4-2-3-5-16)27(22,23)18-10-11-19-20(14-18)25-13-12-24-19/h6-11,14,16H,2-5,12-13H2,1H3. The number of anilines is 1. The average molecular weight is 389 g/mol. The minimum absolute atomic E-state index is 0.167. The molecule has 0 saturated heterocycles. The molecule has 0 amide bonds. The van der Waals surface area contributed by atoms with Crippen molar-refractivity contribution in [1.82, 2.24) is 0 Å². The largest absolute Gasteiger partial charge is 0.490 e. The smallest absolute Gasteiger partial charge is 0.264 e. The Hall–Kier alpha value is -2.41. The summed E-state index contributed by atoms with van der Waals surface area (Å²) < 4.78 is 44.1. The van der Waals surface area contributed by atoms with E-state index in [1.54, 1.807) is 25.2 Å². The average Bonchev–Trinajstić information content (AvgIpc) is 3.20. The molecule has 1 saturated carbocycles. The van der Waals surface area contributed by atoms with E-state index in [1.807, 2.05) is 12.1 Å². The van der Waals surface area contributed by atoms with Gasteiger partial charge in [-0.2, -0.15) is 0 Å². The molecular weight excluding hydrogens is 366 g/mol. The van der Waals surface area contributed by atoms with Crippen LogP contribution in [0, 0.1) is 0 Å². The molecule has 0 spiro atoms. The van der Waals surface area contributed by atoms with Gasteiger partial charge in [0.25, 0.3) is 10.0 Å². The van der Waals surface area contributed by atoms with Crippen LogP contribution in [0.5, 0.6) is 17.2 Å². The number of nitrogens with zero attached hydrogens (tertiary/aromatic N) is 1. The molecule has 2 aromatic rings. The molecule has 0 aromatic heterocycles. The van der Waals surface area contributed by atoms with Gasteiger partial charge in [0.2, 0.25) is 0 Å². The Kier molecular flexibility index (Phi) is 4.86. The molecule has 7 heteroatoms. The fourth-order valence-electron chi connectivity index (χ4n) is 3.41. The highest BCUT2D eigenvalue weighted by Gasteiger charge is 2.24. The van der Waals surface area contributed by atoms with E-state index in [1.165, 1.54) is 29.3 Å². The summed E-state index contributed by atoms with van der Waals surface area (Å²) in [7, 11) is -2.16. The van der Waals surface area contributed by atoms with Crippen LogP contribution in [-0.4, -0.2) is 34.8 Å². The summed E-state index contributed by atoms with van der Waals surface area (Å²) in [6, 6.07) is 11.9. The Morgan fingerprint density at radius 2 is 1.63 bits per heavy atom. The lowest BCUT2D eigenvalue weighted by molar-refractivity contribution is 0.171. The fraction of sp³-hybridized carbons (Fsp3) is 0.400. The molecule has 1 heterocycles. The monoisotopic (exact) mass is 389 g/mol. The van der Waals surface area contributed by atoms with Gasteiger partial charge in [-0.15, -0.1) is 0 Å². The van der Waals surface area contributed by atoms with Gasteiger partial charge in [0.15, 0.2) is 11.5 Å². The molecule has 6 nitrogen and oxygen atoms in total. The topological polar surface area (TPSA) is 65.1 Å². The SMILES string of the molecule is CN(c1ccc(OC2CCCC2)cc1)S(=O)(=O)c1ccc2c(c1)OCCO2. The van der Waals surface area contributed by atoms with E-state index in [-0.39, 0.29) is 11.0 Å². The van der Waals surface area contributed by atoms with Crippen LogP contribution in [0.2, 0.25) is 0 Å². The van der Waals surface area contributed by atoms with E-state index in [4.69, 9.17) is 14.2 Å². The van der Waals surface area contributed by atoms with Gasteiger partial charge in [0.1, 0.15) is 19.0 Å². The third-order valence-corrected chi connectivity index (χ3v) is 6.76. The van der Waals surface area contributed by atoms with Gasteiger partial charge in [-0.05, 0) is 62.1 Å². The highest BCUT2D eigenvalue weighted by molar-refractivity contribution is 7.92. The second-order valence-electron chi connectivity index (χ2n) is 6.80. The van der Waals surface area contributed by atoms with Gasteiger partial charge in [-0.1, -0.05) is 0 Å². The lowest BCUT2D eigenvalue weighted by atomic mass is 10.3. The highest BCUT2D eigenvalue weighted by atomic mass is 32.2. The Balaban J connectivity index is 1.53. The van der Waals surface area contributed by atoms with E-state index in [9.17, 15) is 8.42 Å². The molecule has 0 unspecified atom stereocenters. The first kappa shape index (κ1) is 18.0. The third-order valence-electron chi connectivity index (χ3n) is 4.98. The summed E-state index contributed by atoms with van der Waals surface area (Å²) in [6.45, 7) is 0.878. The molecule has 0 radical (unpaired) electrons. The van der Waals surface area contributed by atoms with Crippen molar-refractivity contribution in [3.05, 3.63) is 42.5 Å². The number of benzene rings is 2. The first-order chi connectivity index (χ1) is 13.0. The number of hydrogen-bond donors (Lipinski definition) is 0. The molecule has 4 rings (SSSR count). The van der Waals surface area contributed by atoms with E-state index >= 15 is 0 Å². The minimum atomic E-state index is -3.70. The molecule has 1 aliphatic carbocycles. The Bertz CT molecular complexity index is 904. The zero-order valence-corrected chi connectivity index (χ0v) is 16.1. The minimum Gasteiger partial charge on any atom is -0.490 e. The Labute approximate surface area is 159 Å². The summed E-state index contributed by atoms with van der Waals surface area (Å²) in [5.74, 6) is 1.79. The molecule has 1 fully saturated rings. The van der Waals surface area contributed by atoms with E-state index in [0.717, 1.165) is 18.6 Å². The second kappa shape index (κ2) is 7.31. The van der Waals surface area contributed by atoms with Crippen molar-refractivity contribution < 1.29 is 22.6 Å². The van der Waals surface area contributed by atoms with Crippen molar-refractivity contribution in [3.8, 4) is 17.2 Å². The molecule has 1 aliphatic heterocycles. The van der Waals surface area contributed by atoms with Crippen molar-refractivity contribution >= 4 is 15.7 Å². The van der Waals surface area contributed by atoms with Crippen LogP contribution in [0.4, 0.5) is 5.69 Å². The molecule has 0 N–H and O–H groups in total. The lowest BCUT2D eigenvalue weighted by Crippen LogP contribution is -2.26. The van der Waals surface area contributed by atoms with Crippen LogP contribution >= 0.6 is 0 Å². The maximum Gasteiger partial charge on any atom is 0.264 e.